The molecule has 0 radical (unpaired) electrons. The molecule has 0 aromatic heterocycles. The molecule has 3 amide bonds. The van der Waals surface area contributed by atoms with E-state index in [0.29, 0.717) is 37.6 Å². The Morgan fingerprint density at radius 1 is 1.26 bits per heavy atom. The molecule has 7 nitrogen and oxygen atoms in total. The number of ether oxygens (including phenoxy) is 1. The zero-order chi connectivity index (χ0) is 16.4. The maximum Gasteiger partial charge on any atom is 0.268 e. The normalized spacial score (nSPS) is 20.8. The average Bonchev–Trinajstić information content (AvgIpc) is 2.59. The first-order valence-corrected chi connectivity index (χ1v) is 7.60. The van der Waals surface area contributed by atoms with E-state index >= 15 is 0 Å². The number of rotatable bonds is 3. The van der Waals surface area contributed by atoms with E-state index in [-0.39, 0.29) is 18.2 Å². The number of benzene rings is 1. The second-order valence-corrected chi connectivity index (χ2v) is 5.70. The van der Waals surface area contributed by atoms with Crippen LogP contribution in [0.15, 0.2) is 24.3 Å². The van der Waals surface area contributed by atoms with Gasteiger partial charge in [0.15, 0.2) is 6.10 Å². The highest BCUT2D eigenvalue weighted by atomic mass is 16.5. The van der Waals surface area contributed by atoms with E-state index in [4.69, 9.17) is 4.74 Å². The SMILES string of the molecule is CN1C(=O)C(CC(=O)N2CCN(C=O)CC2)Oc2ccccc21. The van der Waals surface area contributed by atoms with Crippen molar-refractivity contribution in [3.63, 3.8) is 0 Å². The lowest BCUT2D eigenvalue weighted by Gasteiger charge is -2.35. The lowest BCUT2D eigenvalue weighted by molar-refractivity contribution is -0.140. The second-order valence-electron chi connectivity index (χ2n) is 5.70. The number of carbonyl (C=O) groups excluding carboxylic acids is 3. The van der Waals surface area contributed by atoms with Crippen molar-refractivity contribution < 1.29 is 19.1 Å². The fraction of sp³-hybridized carbons (Fsp3) is 0.438. The van der Waals surface area contributed by atoms with Crippen LogP contribution in [0.25, 0.3) is 0 Å². The zero-order valence-corrected chi connectivity index (χ0v) is 13.0. The van der Waals surface area contributed by atoms with Gasteiger partial charge in [-0.2, -0.15) is 0 Å². The highest BCUT2D eigenvalue weighted by Crippen LogP contribution is 2.33. The summed E-state index contributed by atoms with van der Waals surface area (Å²) in [4.78, 5) is 40.3. The fourth-order valence-corrected chi connectivity index (χ4v) is 2.87. The largest absolute Gasteiger partial charge is 0.478 e. The van der Waals surface area contributed by atoms with Crippen LogP contribution in [0.1, 0.15) is 6.42 Å². The summed E-state index contributed by atoms with van der Waals surface area (Å²) in [5.41, 5.74) is 0.709. The van der Waals surface area contributed by atoms with Crippen molar-refractivity contribution in [2.24, 2.45) is 0 Å². The van der Waals surface area contributed by atoms with Crippen LogP contribution >= 0.6 is 0 Å². The molecule has 3 rings (SSSR count). The number of carbonyl (C=O) groups is 3. The number of para-hydroxylation sites is 2. The molecule has 0 bridgehead atoms. The van der Waals surface area contributed by atoms with Gasteiger partial charge in [-0.15, -0.1) is 0 Å². The van der Waals surface area contributed by atoms with Gasteiger partial charge in [0.25, 0.3) is 5.91 Å². The van der Waals surface area contributed by atoms with Gasteiger partial charge in [-0.05, 0) is 12.1 Å². The predicted octanol–water partition coefficient (Wildman–Crippen LogP) is 0.101. The first kappa shape index (κ1) is 15.3. The van der Waals surface area contributed by atoms with E-state index in [0.717, 1.165) is 6.41 Å². The van der Waals surface area contributed by atoms with Gasteiger partial charge in [0, 0.05) is 33.2 Å². The molecule has 1 saturated heterocycles. The Morgan fingerprint density at radius 3 is 2.65 bits per heavy atom. The highest BCUT2D eigenvalue weighted by Gasteiger charge is 2.35. The Hall–Kier alpha value is -2.57. The summed E-state index contributed by atoms with van der Waals surface area (Å²) in [5.74, 6) is 0.267. The number of fused-ring (bicyclic) bond motifs is 1. The van der Waals surface area contributed by atoms with Gasteiger partial charge in [0.2, 0.25) is 12.3 Å². The monoisotopic (exact) mass is 317 g/mol. The minimum Gasteiger partial charge on any atom is -0.478 e. The Balaban J connectivity index is 1.65. The first-order chi connectivity index (χ1) is 11.1. The Kier molecular flexibility index (Phi) is 4.18. The second kappa shape index (κ2) is 6.28. The summed E-state index contributed by atoms with van der Waals surface area (Å²) in [6, 6.07) is 7.27. The number of amides is 3. The van der Waals surface area contributed by atoms with Crippen molar-refractivity contribution in [3.8, 4) is 5.75 Å². The summed E-state index contributed by atoms with van der Waals surface area (Å²) in [5, 5.41) is 0. The van der Waals surface area contributed by atoms with E-state index < -0.39 is 6.10 Å². The van der Waals surface area contributed by atoms with E-state index in [9.17, 15) is 14.4 Å². The Morgan fingerprint density at radius 2 is 1.96 bits per heavy atom. The molecule has 122 valence electrons. The zero-order valence-electron chi connectivity index (χ0n) is 13.0. The molecule has 7 heteroatoms. The van der Waals surface area contributed by atoms with Gasteiger partial charge < -0.3 is 19.4 Å². The van der Waals surface area contributed by atoms with Crippen molar-refractivity contribution in [2.45, 2.75) is 12.5 Å². The number of likely N-dealkylation sites (N-methyl/N-ethyl adjacent to an activating group) is 1. The highest BCUT2D eigenvalue weighted by molar-refractivity contribution is 6.01. The maximum atomic E-state index is 12.4. The topological polar surface area (TPSA) is 70.2 Å². The third-order valence-electron chi connectivity index (χ3n) is 4.28. The molecular weight excluding hydrogens is 298 g/mol. The van der Waals surface area contributed by atoms with Crippen molar-refractivity contribution in [2.75, 3.05) is 38.1 Å². The molecule has 1 atom stereocenters. The van der Waals surface area contributed by atoms with Crippen molar-refractivity contribution in [1.29, 1.82) is 0 Å². The van der Waals surface area contributed by atoms with Crippen molar-refractivity contribution >= 4 is 23.9 Å². The molecule has 0 N–H and O–H groups in total. The van der Waals surface area contributed by atoms with Crippen LogP contribution in [0.2, 0.25) is 0 Å². The van der Waals surface area contributed by atoms with Gasteiger partial charge >= 0.3 is 0 Å². The molecule has 1 unspecified atom stereocenters. The van der Waals surface area contributed by atoms with Gasteiger partial charge in [-0.3, -0.25) is 14.4 Å². The van der Waals surface area contributed by atoms with Crippen LogP contribution in [0.3, 0.4) is 0 Å². The minimum atomic E-state index is -0.800. The van der Waals surface area contributed by atoms with E-state index in [1.165, 1.54) is 4.90 Å². The molecular formula is C16H19N3O4. The summed E-state index contributed by atoms with van der Waals surface area (Å²) in [7, 11) is 1.68. The third kappa shape index (κ3) is 2.99. The lowest BCUT2D eigenvalue weighted by atomic mass is 10.1. The Bertz CT molecular complexity index is 626. The summed E-state index contributed by atoms with van der Waals surface area (Å²) >= 11 is 0. The summed E-state index contributed by atoms with van der Waals surface area (Å²) in [6.45, 7) is 2.03. The minimum absolute atomic E-state index is 0.0125. The molecule has 0 spiro atoms. The van der Waals surface area contributed by atoms with E-state index in [2.05, 4.69) is 0 Å². The molecule has 2 aliphatic heterocycles. The standard InChI is InChI=1S/C16H19N3O4/c1-17-12-4-2-3-5-13(12)23-14(16(17)22)10-15(21)19-8-6-18(11-20)7-9-19/h2-5,11,14H,6-10H2,1H3. The van der Waals surface area contributed by atoms with Crippen LogP contribution in [-0.2, 0) is 14.4 Å². The number of anilines is 1. The van der Waals surface area contributed by atoms with E-state index in [1.54, 1.807) is 22.9 Å². The third-order valence-corrected chi connectivity index (χ3v) is 4.28. The molecule has 2 aliphatic rings. The maximum absolute atomic E-state index is 12.4. The van der Waals surface area contributed by atoms with Gasteiger partial charge in [-0.1, -0.05) is 12.1 Å². The molecule has 1 aromatic carbocycles. The number of hydrogen-bond acceptors (Lipinski definition) is 4. The van der Waals surface area contributed by atoms with E-state index in [1.807, 2.05) is 18.2 Å². The predicted molar refractivity (Wildman–Crippen MR) is 83.1 cm³/mol. The molecule has 1 aromatic rings. The Labute approximate surface area is 134 Å². The van der Waals surface area contributed by atoms with Gasteiger partial charge in [0.1, 0.15) is 5.75 Å². The molecule has 2 heterocycles. The summed E-state index contributed by atoms with van der Waals surface area (Å²) in [6.07, 6.45) is 0.00610. The average molecular weight is 317 g/mol. The molecule has 23 heavy (non-hydrogen) atoms. The van der Waals surface area contributed by atoms with Crippen LogP contribution < -0.4 is 9.64 Å². The van der Waals surface area contributed by atoms with Crippen LogP contribution in [-0.4, -0.2) is 67.4 Å². The van der Waals surface area contributed by atoms with Crippen LogP contribution in [0.5, 0.6) is 5.75 Å². The van der Waals surface area contributed by atoms with Crippen molar-refractivity contribution in [3.05, 3.63) is 24.3 Å². The molecule has 1 fully saturated rings. The first-order valence-electron chi connectivity index (χ1n) is 7.60. The molecule has 0 aliphatic carbocycles. The summed E-state index contributed by atoms with van der Waals surface area (Å²) < 4.78 is 5.71. The number of hydrogen-bond donors (Lipinski definition) is 0. The molecule has 0 saturated carbocycles. The fourth-order valence-electron chi connectivity index (χ4n) is 2.87. The van der Waals surface area contributed by atoms with Gasteiger partial charge in [0.05, 0.1) is 12.1 Å². The van der Waals surface area contributed by atoms with Crippen LogP contribution in [0.4, 0.5) is 5.69 Å². The van der Waals surface area contributed by atoms with Crippen LogP contribution in [0, 0.1) is 0 Å². The smallest absolute Gasteiger partial charge is 0.268 e. The number of piperazine rings is 1. The number of nitrogens with zero attached hydrogens (tertiary/aromatic N) is 3. The van der Waals surface area contributed by atoms with Crippen molar-refractivity contribution in [1.82, 2.24) is 9.80 Å². The van der Waals surface area contributed by atoms with Gasteiger partial charge in [-0.25, -0.2) is 0 Å². The quantitative estimate of drug-likeness (QED) is 0.742. The lowest BCUT2D eigenvalue weighted by Crippen LogP contribution is -2.51.